The Balaban J connectivity index is 3.38. The largest absolute Gasteiger partial charge is 0.465 e. The predicted molar refractivity (Wildman–Crippen MR) is 89.1 cm³/mol. The summed E-state index contributed by atoms with van der Waals surface area (Å²) >= 11 is 0. The molecule has 0 aromatic heterocycles. The molecule has 0 aromatic rings. The van der Waals surface area contributed by atoms with Gasteiger partial charge in [0.05, 0.1) is 12.8 Å². The van der Waals surface area contributed by atoms with E-state index in [1.165, 1.54) is 38.5 Å². The number of unbranched alkanes of at least 4 members (excludes halogenated alkanes) is 8. The average Bonchev–Trinajstić information content (AvgIpc) is 2.45. The van der Waals surface area contributed by atoms with Gasteiger partial charge in [0.2, 0.25) is 0 Å². The van der Waals surface area contributed by atoms with Crippen LogP contribution in [0.25, 0.3) is 0 Å². The lowest BCUT2D eigenvalue weighted by atomic mass is 10.1. The Bertz CT molecular complexity index is 320. The topological polar surface area (TPSA) is 72.8 Å². The highest BCUT2D eigenvalue weighted by atomic mass is 31.2. The van der Waals surface area contributed by atoms with Crippen LogP contribution in [0.3, 0.4) is 0 Å². The fourth-order valence-electron chi connectivity index (χ4n) is 2.19. The molecule has 22 heavy (non-hydrogen) atoms. The first-order valence-electron chi connectivity index (χ1n) is 8.63. The van der Waals surface area contributed by atoms with Gasteiger partial charge in [-0.2, -0.15) is 0 Å². The lowest BCUT2D eigenvalue weighted by Crippen LogP contribution is -2.09. The molecule has 0 aliphatic rings. The Labute approximate surface area is 135 Å². The standard InChI is InChI=1S/C16H33O5P/c1-3-5-6-7-8-9-10-11-12-13-16(17)20-14-15-22(18,19)21-4-2/h3-15H2,1-2H3,(H,18,19). The third-order valence-corrected chi connectivity index (χ3v) is 4.86. The van der Waals surface area contributed by atoms with Gasteiger partial charge < -0.3 is 14.2 Å². The van der Waals surface area contributed by atoms with E-state index in [2.05, 4.69) is 6.92 Å². The summed E-state index contributed by atoms with van der Waals surface area (Å²) in [6.07, 6.45) is 11.1. The number of hydrogen-bond donors (Lipinski definition) is 1. The lowest BCUT2D eigenvalue weighted by molar-refractivity contribution is -0.143. The maximum Gasteiger partial charge on any atom is 0.331 e. The molecular weight excluding hydrogens is 303 g/mol. The van der Waals surface area contributed by atoms with E-state index in [0.29, 0.717) is 6.42 Å². The Morgan fingerprint density at radius 1 is 0.955 bits per heavy atom. The van der Waals surface area contributed by atoms with E-state index in [1.54, 1.807) is 6.92 Å². The van der Waals surface area contributed by atoms with Gasteiger partial charge in [0.1, 0.15) is 6.61 Å². The van der Waals surface area contributed by atoms with Gasteiger partial charge in [0.25, 0.3) is 0 Å². The van der Waals surface area contributed by atoms with E-state index < -0.39 is 7.60 Å². The van der Waals surface area contributed by atoms with Gasteiger partial charge in [-0.25, -0.2) is 0 Å². The monoisotopic (exact) mass is 336 g/mol. The van der Waals surface area contributed by atoms with Crippen LogP contribution in [-0.4, -0.2) is 30.2 Å². The molecule has 0 heterocycles. The van der Waals surface area contributed by atoms with Crippen molar-refractivity contribution in [3.05, 3.63) is 0 Å². The van der Waals surface area contributed by atoms with Gasteiger partial charge in [0, 0.05) is 6.42 Å². The second-order valence-corrected chi connectivity index (χ2v) is 7.56. The molecule has 1 N–H and O–H groups in total. The highest BCUT2D eigenvalue weighted by molar-refractivity contribution is 7.52. The Morgan fingerprint density at radius 2 is 1.50 bits per heavy atom. The minimum atomic E-state index is -3.58. The van der Waals surface area contributed by atoms with Gasteiger partial charge in [0.15, 0.2) is 0 Å². The molecule has 0 aliphatic carbocycles. The SMILES string of the molecule is CCCCCCCCCCCC(=O)OCCP(=O)(O)OCC. The summed E-state index contributed by atoms with van der Waals surface area (Å²) in [7, 11) is -3.58. The molecule has 6 heteroatoms. The van der Waals surface area contributed by atoms with Gasteiger partial charge in [-0.1, -0.05) is 58.3 Å². The maximum absolute atomic E-state index is 11.5. The molecule has 1 unspecified atom stereocenters. The third kappa shape index (κ3) is 14.6. The third-order valence-electron chi connectivity index (χ3n) is 3.45. The fourth-order valence-corrected chi connectivity index (χ4v) is 3.05. The van der Waals surface area contributed by atoms with E-state index in [1.807, 2.05) is 0 Å². The maximum atomic E-state index is 11.5. The Hall–Kier alpha value is -0.380. The van der Waals surface area contributed by atoms with Crippen LogP contribution < -0.4 is 0 Å². The minimum absolute atomic E-state index is 0.0515. The van der Waals surface area contributed by atoms with Crippen LogP contribution in [0.4, 0.5) is 0 Å². The molecule has 0 aliphatic heterocycles. The van der Waals surface area contributed by atoms with Crippen molar-refractivity contribution >= 4 is 13.6 Å². The van der Waals surface area contributed by atoms with Crippen LogP contribution >= 0.6 is 7.60 Å². The van der Waals surface area contributed by atoms with Crippen LogP contribution in [0.2, 0.25) is 0 Å². The van der Waals surface area contributed by atoms with Crippen molar-refractivity contribution in [2.75, 3.05) is 19.4 Å². The number of carbonyl (C=O) groups excluding carboxylic acids is 1. The summed E-state index contributed by atoms with van der Waals surface area (Å²) in [6, 6.07) is 0. The average molecular weight is 336 g/mol. The molecule has 0 bridgehead atoms. The molecular formula is C16H33O5P. The summed E-state index contributed by atoms with van der Waals surface area (Å²) in [5.41, 5.74) is 0. The minimum Gasteiger partial charge on any atom is -0.465 e. The first-order chi connectivity index (χ1) is 10.5. The number of esters is 1. The summed E-state index contributed by atoms with van der Waals surface area (Å²) < 4.78 is 21.0. The van der Waals surface area contributed by atoms with Crippen molar-refractivity contribution < 1.29 is 23.5 Å². The molecule has 0 radical (unpaired) electrons. The number of carbonyl (C=O) groups is 1. The number of ether oxygens (including phenoxy) is 1. The quantitative estimate of drug-likeness (QED) is 0.267. The van der Waals surface area contributed by atoms with Crippen LogP contribution in [0.1, 0.15) is 78.1 Å². The number of hydrogen-bond acceptors (Lipinski definition) is 4. The van der Waals surface area contributed by atoms with Crippen molar-refractivity contribution in [1.29, 1.82) is 0 Å². The van der Waals surface area contributed by atoms with Gasteiger partial charge >= 0.3 is 13.6 Å². The summed E-state index contributed by atoms with van der Waals surface area (Å²) in [4.78, 5) is 20.8. The highest BCUT2D eigenvalue weighted by Crippen LogP contribution is 2.40. The van der Waals surface area contributed by atoms with Crippen LogP contribution in [0.15, 0.2) is 0 Å². The highest BCUT2D eigenvalue weighted by Gasteiger charge is 2.18. The zero-order chi connectivity index (χ0) is 16.7. The zero-order valence-electron chi connectivity index (χ0n) is 14.2. The summed E-state index contributed by atoms with van der Waals surface area (Å²) in [6.45, 7) is 4.00. The normalized spacial score (nSPS) is 13.8. The molecule has 0 fully saturated rings. The first kappa shape index (κ1) is 21.6. The van der Waals surface area contributed by atoms with E-state index in [9.17, 15) is 14.3 Å². The van der Waals surface area contributed by atoms with Crippen LogP contribution in [0, 0.1) is 0 Å². The molecule has 0 saturated heterocycles. The Morgan fingerprint density at radius 3 is 2.05 bits per heavy atom. The lowest BCUT2D eigenvalue weighted by Gasteiger charge is -2.10. The van der Waals surface area contributed by atoms with Crippen LogP contribution in [0.5, 0.6) is 0 Å². The van der Waals surface area contributed by atoms with Gasteiger partial charge in [-0.15, -0.1) is 0 Å². The predicted octanol–water partition coefficient (Wildman–Crippen LogP) is 4.67. The molecule has 0 spiro atoms. The van der Waals surface area contributed by atoms with Crippen molar-refractivity contribution in [3.8, 4) is 0 Å². The molecule has 5 nitrogen and oxygen atoms in total. The summed E-state index contributed by atoms with van der Waals surface area (Å²) in [5.74, 6) is -0.292. The second-order valence-electron chi connectivity index (χ2n) is 5.58. The molecule has 1 atom stereocenters. The molecule has 0 rings (SSSR count). The zero-order valence-corrected chi connectivity index (χ0v) is 15.1. The van der Waals surface area contributed by atoms with Crippen molar-refractivity contribution in [1.82, 2.24) is 0 Å². The Kier molecular flexibility index (Phi) is 14.0. The smallest absolute Gasteiger partial charge is 0.331 e. The van der Waals surface area contributed by atoms with Crippen molar-refractivity contribution in [3.63, 3.8) is 0 Å². The van der Waals surface area contributed by atoms with E-state index >= 15 is 0 Å². The molecule has 0 amide bonds. The molecule has 0 aromatic carbocycles. The first-order valence-corrected chi connectivity index (χ1v) is 10.4. The van der Waals surface area contributed by atoms with E-state index in [4.69, 9.17) is 9.26 Å². The summed E-state index contributed by atoms with van der Waals surface area (Å²) in [5, 5.41) is 0. The van der Waals surface area contributed by atoms with Gasteiger partial charge in [-0.05, 0) is 13.3 Å². The number of rotatable bonds is 15. The van der Waals surface area contributed by atoms with E-state index in [-0.39, 0.29) is 25.3 Å². The van der Waals surface area contributed by atoms with Gasteiger partial charge in [-0.3, -0.25) is 9.36 Å². The van der Waals surface area contributed by atoms with Crippen LogP contribution in [-0.2, 0) is 18.6 Å². The second kappa shape index (κ2) is 14.2. The fraction of sp³-hybridized carbons (Fsp3) is 0.938. The molecule has 132 valence electrons. The van der Waals surface area contributed by atoms with E-state index in [0.717, 1.165) is 19.3 Å². The van der Waals surface area contributed by atoms with Crippen molar-refractivity contribution in [2.24, 2.45) is 0 Å². The molecule has 0 saturated carbocycles. The van der Waals surface area contributed by atoms with Crippen molar-refractivity contribution in [2.45, 2.75) is 78.1 Å².